The zero-order chi connectivity index (χ0) is 14.3. The molecule has 2 nitrogen and oxygen atoms in total. The molecule has 0 amide bonds. The summed E-state index contributed by atoms with van der Waals surface area (Å²) >= 11 is 0. The number of nitrogens with one attached hydrogen (secondary N) is 1. The third-order valence-electron chi connectivity index (χ3n) is 5.03. The van der Waals surface area contributed by atoms with Gasteiger partial charge in [-0.15, -0.1) is 0 Å². The first-order valence-corrected chi connectivity index (χ1v) is 8.29. The highest BCUT2D eigenvalue weighted by Gasteiger charge is 2.34. The first-order chi connectivity index (χ1) is 9.10. The average Bonchev–Trinajstić information content (AvgIpc) is 2.39. The Morgan fingerprint density at radius 1 is 1.21 bits per heavy atom. The molecule has 1 rings (SSSR count). The molecule has 19 heavy (non-hydrogen) atoms. The molecule has 0 spiro atoms. The predicted molar refractivity (Wildman–Crippen MR) is 83.4 cm³/mol. The second-order valence-corrected chi connectivity index (χ2v) is 6.88. The molecule has 4 unspecified atom stereocenters. The number of ether oxygens (including phenoxy) is 1. The number of hydrogen-bond donors (Lipinski definition) is 1. The lowest BCUT2D eigenvalue weighted by Crippen LogP contribution is -2.38. The third-order valence-corrected chi connectivity index (χ3v) is 5.03. The average molecular weight is 269 g/mol. The van der Waals surface area contributed by atoms with Crippen LogP contribution in [0.3, 0.4) is 0 Å². The molecule has 1 N–H and O–H groups in total. The summed E-state index contributed by atoms with van der Waals surface area (Å²) in [7, 11) is 1.84. The van der Waals surface area contributed by atoms with Crippen molar-refractivity contribution in [3.8, 4) is 0 Å². The molecule has 2 heteroatoms. The van der Waals surface area contributed by atoms with Crippen LogP contribution in [0.15, 0.2) is 0 Å². The topological polar surface area (TPSA) is 21.3 Å². The van der Waals surface area contributed by atoms with Crippen molar-refractivity contribution in [3.63, 3.8) is 0 Å². The molecule has 1 aliphatic carbocycles. The van der Waals surface area contributed by atoms with Crippen LogP contribution in [0.1, 0.15) is 53.4 Å². The van der Waals surface area contributed by atoms with E-state index in [1.165, 1.54) is 32.2 Å². The predicted octanol–water partition coefficient (Wildman–Crippen LogP) is 3.96. The number of hydrogen-bond acceptors (Lipinski definition) is 2. The van der Waals surface area contributed by atoms with Gasteiger partial charge < -0.3 is 10.1 Å². The van der Waals surface area contributed by atoms with Crippen molar-refractivity contribution >= 4 is 0 Å². The molecule has 0 aromatic rings. The minimum absolute atomic E-state index is 0.694. The van der Waals surface area contributed by atoms with E-state index in [-0.39, 0.29) is 0 Å². The highest BCUT2D eigenvalue weighted by atomic mass is 16.5. The van der Waals surface area contributed by atoms with E-state index in [2.05, 4.69) is 33.0 Å². The molecule has 4 atom stereocenters. The first kappa shape index (κ1) is 17.0. The fourth-order valence-electron chi connectivity index (χ4n) is 3.71. The Hall–Kier alpha value is -0.0800. The Morgan fingerprint density at radius 3 is 2.53 bits per heavy atom. The minimum Gasteiger partial charge on any atom is -0.384 e. The van der Waals surface area contributed by atoms with Gasteiger partial charge in [-0.05, 0) is 68.4 Å². The van der Waals surface area contributed by atoms with Crippen molar-refractivity contribution in [3.05, 3.63) is 0 Å². The van der Waals surface area contributed by atoms with Gasteiger partial charge in [0, 0.05) is 13.7 Å². The Morgan fingerprint density at radius 2 is 1.95 bits per heavy atom. The van der Waals surface area contributed by atoms with Crippen LogP contribution in [0.2, 0.25) is 0 Å². The molecular weight excluding hydrogens is 234 g/mol. The van der Waals surface area contributed by atoms with Gasteiger partial charge in [-0.2, -0.15) is 0 Å². The Kier molecular flexibility index (Phi) is 8.01. The van der Waals surface area contributed by atoms with Gasteiger partial charge >= 0.3 is 0 Å². The molecule has 0 saturated heterocycles. The van der Waals surface area contributed by atoms with E-state index >= 15 is 0 Å². The summed E-state index contributed by atoms with van der Waals surface area (Å²) in [5.41, 5.74) is 0. The largest absolute Gasteiger partial charge is 0.384 e. The van der Waals surface area contributed by atoms with Crippen LogP contribution in [0, 0.1) is 29.6 Å². The summed E-state index contributed by atoms with van der Waals surface area (Å²) in [6.07, 6.45) is 5.46. The lowest BCUT2D eigenvalue weighted by atomic mass is 9.66. The summed E-state index contributed by atoms with van der Waals surface area (Å²) < 4.78 is 5.41. The molecule has 1 saturated carbocycles. The summed E-state index contributed by atoms with van der Waals surface area (Å²) in [6.45, 7) is 12.7. The normalized spacial score (nSPS) is 29.7. The molecule has 1 aliphatic rings. The number of methoxy groups -OCH3 is 1. The van der Waals surface area contributed by atoms with Crippen LogP contribution >= 0.6 is 0 Å². The van der Waals surface area contributed by atoms with Gasteiger partial charge in [-0.1, -0.05) is 27.7 Å². The second kappa shape index (κ2) is 8.97. The lowest BCUT2D eigenvalue weighted by Gasteiger charge is -2.41. The maximum absolute atomic E-state index is 5.41. The van der Waals surface area contributed by atoms with Crippen LogP contribution < -0.4 is 5.32 Å². The van der Waals surface area contributed by atoms with Crippen LogP contribution in [-0.4, -0.2) is 26.8 Å². The fourth-order valence-corrected chi connectivity index (χ4v) is 3.71. The van der Waals surface area contributed by atoms with Crippen LogP contribution in [0.5, 0.6) is 0 Å². The van der Waals surface area contributed by atoms with Crippen LogP contribution in [-0.2, 0) is 4.74 Å². The Bertz CT molecular complexity index is 229. The van der Waals surface area contributed by atoms with E-state index in [0.29, 0.717) is 5.92 Å². The molecule has 0 bridgehead atoms. The van der Waals surface area contributed by atoms with Gasteiger partial charge in [0.15, 0.2) is 0 Å². The Balaban J connectivity index is 2.56. The van der Waals surface area contributed by atoms with E-state index in [1.807, 2.05) is 7.11 Å². The fraction of sp³-hybridized carbons (Fsp3) is 1.00. The van der Waals surface area contributed by atoms with E-state index in [9.17, 15) is 0 Å². The lowest BCUT2D eigenvalue weighted by molar-refractivity contribution is 0.0556. The van der Waals surface area contributed by atoms with Gasteiger partial charge in [0.05, 0.1) is 0 Å². The van der Waals surface area contributed by atoms with E-state index in [0.717, 1.165) is 36.8 Å². The zero-order valence-corrected chi connectivity index (χ0v) is 13.7. The van der Waals surface area contributed by atoms with Gasteiger partial charge in [-0.25, -0.2) is 0 Å². The standard InChI is InChI=1S/C17H35NO/c1-6-9-18-11-16-8-7-15(13(2)3)10-17(16)14(4)12-19-5/h13-18H,6-12H2,1-5H3. The van der Waals surface area contributed by atoms with Crippen molar-refractivity contribution < 1.29 is 4.74 Å². The maximum atomic E-state index is 5.41. The van der Waals surface area contributed by atoms with Crippen molar-refractivity contribution in [2.24, 2.45) is 29.6 Å². The minimum atomic E-state index is 0.694. The van der Waals surface area contributed by atoms with Crippen LogP contribution in [0.25, 0.3) is 0 Å². The monoisotopic (exact) mass is 269 g/mol. The van der Waals surface area contributed by atoms with E-state index in [1.54, 1.807) is 0 Å². The van der Waals surface area contributed by atoms with Gasteiger partial charge in [0.1, 0.15) is 0 Å². The zero-order valence-electron chi connectivity index (χ0n) is 13.7. The Labute approximate surface area is 120 Å². The molecule has 0 aromatic carbocycles. The molecule has 1 fully saturated rings. The molecule has 0 aliphatic heterocycles. The highest BCUT2D eigenvalue weighted by Crippen LogP contribution is 2.40. The van der Waals surface area contributed by atoms with Gasteiger partial charge in [0.2, 0.25) is 0 Å². The van der Waals surface area contributed by atoms with E-state index in [4.69, 9.17) is 4.74 Å². The SMILES string of the molecule is CCCNCC1CCC(C(C)C)CC1C(C)COC. The smallest absolute Gasteiger partial charge is 0.0490 e. The maximum Gasteiger partial charge on any atom is 0.0490 e. The summed E-state index contributed by atoms with van der Waals surface area (Å²) in [5.74, 6) is 4.14. The van der Waals surface area contributed by atoms with Crippen molar-refractivity contribution in [2.45, 2.75) is 53.4 Å². The summed E-state index contributed by atoms with van der Waals surface area (Å²) in [4.78, 5) is 0. The van der Waals surface area contributed by atoms with E-state index < -0.39 is 0 Å². The quantitative estimate of drug-likeness (QED) is 0.674. The van der Waals surface area contributed by atoms with Crippen molar-refractivity contribution in [1.82, 2.24) is 5.32 Å². The van der Waals surface area contributed by atoms with Crippen LogP contribution in [0.4, 0.5) is 0 Å². The van der Waals surface area contributed by atoms with Crippen molar-refractivity contribution in [2.75, 3.05) is 26.8 Å². The van der Waals surface area contributed by atoms with Gasteiger partial charge in [0.25, 0.3) is 0 Å². The number of rotatable bonds is 8. The molecular formula is C17H35NO. The first-order valence-electron chi connectivity index (χ1n) is 8.29. The van der Waals surface area contributed by atoms with Gasteiger partial charge in [-0.3, -0.25) is 0 Å². The molecule has 0 heterocycles. The van der Waals surface area contributed by atoms with Crippen molar-refractivity contribution in [1.29, 1.82) is 0 Å². The second-order valence-electron chi connectivity index (χ2n) is 6.88. The summed E-state index contributed by atoms with van der Waals surface area (Å²) in [6, 6.07) is 0. The molecule has 0 aromatic heterocycles. The third kappa shape index (κ3) is 5.43. The summed E-state index contributed by atoms with van der Waals surface area (Å²) in [5, 5.41) is 3.63. The molecule has 0 radical (unpaired) electrons. The molecule has 114 valence electrons. The highest BCUT2D eigenvalue weighted by molar-refractivity contribution is 4.85.